The van der Waals surface area contributed by atoms with Crippen molar-refractivity contribution in [1.82, 2.24) is 10.2 Å². The molecule has 0 aromatic carbocycles. The van der Waals surface area contributed by atoms with Gasteiger partial charge in [-0.15, -0.1) is 0 Å². The third kappa shape index (κ3) is 5.91. The molecule has 0 bridgehead atoms. The van der Waals surface area contributed by atoms with Crippen LogP contribution in [0.1, 0.15) is 33.1 Å². The minimum Gasteiger partial charge on any atom is -0.342 e. The summed E-state index contributed by atoms with van der Waals surface area (Å²) in [7, 11) is -3.21. The average molecular weight is 290 g/mol. The fourth-order valence-corrected chi connectivity index (χ4v) is 3.72. The summed E-state index contributed by atoms with van der Waals surface area (Å²) in [6, 6.07) is 0. The Hall–Kier alpha value is -0.620. The van der Waals surface area contributed by atoms with Gasteiger partial charge in [0, 0.05) is 13.1 Å². The smallest absolute Gasteiger partial charge is 0.237 e. The van der Waals surface area contributed by atoms with Crippen LogP contribution in [0.4, 0.5) is 0 Å². The summed E-state index contributed by atoms with van der Waals surface area (Å²) in [6.45, 7) is 7.24. The van der Waals surface area contributed by atoms with Crippen molar-refractivity contribution in [2.75, 3.05) is 37.7 Å². The number of amides is 1. The fourth-order valence-electron chi connectivity index (χ4n) is 2.40. The lowest BCUT2D eigenvalue weighted by Gasteiger charge is -2.32. The number of carbonyl (C=O) groups is 1. The van der Waals surface area contributed by atoms with Gasteiger partial charge in [0.15, 0.2) is 9.84 Å². The molecule has 0 spiro atoms. The van der Waals surface area contributed by atoms with Crippen LogP contribution < -0.4 is 5.32 Å². The molecule has 0 radical (unpaired) electrons. The quantitative estimate of drug-likeness (QED) is 0.748. The summed E-state index contributed by atoms with van der Waals surface area (Å²) >= 11 is 0. The van der Waals surface area contributed by atoms with Crippen LogP contribution in [0.5, 0.6) is 0 Å². The molecular formula is C13H26N2O3S. The maximum Gasteiger partial charge on any atom is 0.237 e. The topological polar surface area (TPSA) is 66.5 Å². The van der Waals surface area contributed by atoms with E-state index in [4.69, 9.17) is 0 Å². The first-order chi connectivity index (χ1) is 8.98. The van der Waals surface area contributed by atoms with E-state index in [1.54, 1.807) is 4.90 Å². The highest BCUT2D eigenvalue weighted by Gasteiger charge is 2.25. The molecule has 1 rings (SSSR count). The van der Waals surface area contributed by atoms with Crippen LogP contribution >= 0.6 is 0 Å². The zero-order valence-corrected chi connectivity index (χ0v) is 12.8. The third-order valence-corrected chi connectivity index (χ3v) is 5.23. The molecular weight excluding hydrogens is 264 g/mol. The second kappa shape index (κ2) is 7.85. The van der Waals surface area contributed by atoms with Gasteiger partial charge < -0.3 is 10.2 Å². The Kier molecular flexibility index (Phi) is 6.79. The number of nitrogens with one attached hydrogen (secondary N) is 1. The molecule has 0 aromatic heterocycles. The summed E-state index contributed by atoms with van der Waals surface area (Å²) in [5, 5.41) is 3.32. The normalized spacial score (nSPS) is 17.7. The van der Waals surface area contributed by atoms with E-state index >= 15 is 0 Å². The van der Waals surface area contributed by atoms with Gasteiger partial charge in [-0.2, -0.15) is 0 Å². The minimum absolute atomic E-state index is 0.107. The first kappa shape index (κ1) is 16.4. The van der Waals surface area contributed by atoms with E-state index in [1.807, 2.05) is 6.92 Å². The second-order valence-corrected chi connectivity index (χ2v) is 7.41. The van der Waals surface area contributed by atoms with E-state index in [-0.39, 0.29) is 17.4 Å². The Labute approximate surface area is 116 Å². The van der Waals surface area contributed by atoms with E-state index in [2.05, 4.69) is 12.2 Å². The maximum absolute atomic E-state index is 11.9. The first-order valence-corrected chi connectivity index (χ1v) is 8.99. The molecule has 6 heteroatoms. The zero-order chi connectivity index (χ0) is 14.3. The van der Waals surface area contributed by atoms with Crippen molar-refractivity contribution < 1.29 is 13.2 Å². The van der Waals surface area contributed by atoms with Crippen molar-refractivity contribution >= 4 is 15.7 Å². The lowest BCUT2D eigenvalue weighted by Crippen LogP contribution is -2.43. The molecule has 1 aliphatic heterocycles. The second-order valence-electron chi connectivity index (χ2n) is 5.22. The molecule has 5 nitrogen and oxygen atoms in total. The Morgan fingerprint density at radius 3 is 2.42 bits per heavy atom. The lowest BCUT2D eigenvalue weighted by atomic mass is 9.97. The van der Waals surface area contributed by atoms with Gasteiger partial charge >= 0.3 is 0 Å². The summed E-state index contributed by atoms with van der Waals surface area (Å²) in [5.41, 5.74) is 0. The standard InChI is InChI=1S/C13H26N2O3S/c1-3-9-19(17,18)11-13(16)15-7-5-12(6-8-15)10-14-4-2/h12,14H,3-11H2,1-2H3. The Morgan fingerprint density at radius 2 is 1.89 bits per heavy atom. The number of sulfone groups is 1. The molecule has 0 aromatic rings. The van der Waals surface area contributed by atoms with Gasteiger partial charge in [0.25, 0.3) is 0 Å². The number of carbonyl (C=O) groups excluding carboxylic acids is 1. The summed E-state index contributed by atoms with van der Waals surface area (Å²) in [6.07, 6.45) is 2.50. The molecule has 1 aliphatic rings. The van der Waals surface area contributed by atoms with E-state index < -0.39 is 9.84 Å². The molecule has 0 atom stereocenters. The molecule has 0 aliphatic carbocycles. The van der Waals surface area contributed by atoms with Crippen LogP contribution in [-0.4, -0.2) is 56.9 Å². The molecule has 1 N–H and O–H groups in total. The molecule has 19 heavy (non-hydrogen) atoms. The zero-order valence-electron chi connectivity index (χ0n) is 12.0. The summed E-state index contributed by atoms with van der Waals surface area (Å²) < 4.78 is 23.3. The Balaban J connectivity index is 2.37. The van der Waals surface area contributed by atoms with E-state index in [0.29, 0.717) is 25.4 Å². The van der Waals surface area contributed by atoms with E-state index in [1.165, 1.54) is 0 Å². The van der Waals surface area contributed by atoms with Crippen LogP contribution in [0, 0.1) is 5.92 Å². The molecule has 0 unspecified atom stereocenters. The molecule has 0 saturated carbocycles. The van der Waals surface area contributed by atoms with Crippen LogP contribution in [0.3, 0.4) is 0 Å². The van der Waals surface area contributed by atoms with E-state index in [9.17, 15) is 13.2 Å². The minimum atomic E-state index is -3.21. The van der Waals surface area contributed by atoms with Crippen molar-refractivity contribution in [2.24, 2.45) is 5.92 Å². The van der Waals surface area contributed by atoms with Gasteiger partial charge in [0.1, 0.15) is 5.75 Å². The molecule has 1 amide bonds. The van der Waals surface area contributed by atoms with Crippen LogP contribution in [0.2, 0.25) is 0 Å². The van der Waals surface area contributed by atoms with Gasteiger partial charge in [-0.05, 0) is 38.3 Å². The highest BCUT2D eigenvalue weighted by atomic mass is 32.2. The number of hydrogen-bond acceptors (Lipinski definition) is 4. The third-order valence-electron chi connectivity index (χ3n) is 3.51. The number of piperidine rings is 1. The van der Waals surface area contributed by atoms with E-state index in [0.717, 1.165) is 25.9 Å². The number of rotatable bonds is 7. The highest BCUT2D eigenvalue weighted by molar-refractivity contribution is 7.92. The summed E-state index contributed by atoms with van der Waals surface area (Å²) in [4.78, 5) is 13.6. The van der Waals surface area contributed by atoms with Crippen molar-refractivity contribution in [3.63, 3.8) is 0 Å². The SMILES string of the molecule is CCCS(=O)(=O)CC(=O)N1CCC(CNCC)CC1. The number of hydrogen-bond donors (Lipinski definition) is 1. The lowest BCUT2D eigenvalue weighted by molar-refractivity contribution is -0.129. The Morgan fingerprint density at radius 1 is 1.26 bits per heavy atom. The first-order valence-electron chi connectivity index (χ1n) is 7.17. The van der Waals surface area contributed by atoms with Crippen molar-refractivity contribution in [3.8, 4) is 0 Å². The largest absolute Gasteiger partial charge is 0.342 e. The predicted molar refractivity (Wildman–Crippen MR) is 76.8 cm³/mol. The van der Waals surface area contributed by atoms with Crippen LogP contribution in [0.15, 0.2) is 0 Å². The van der Waals surface area contributed by atoms with Crippen molar-refractivity contribution in [3.05, 3.63) is 0 Å². The van der Waals surface area contributed by atoms with Gasteiger partial charge in [0.2, 0.25) is 5.91 Å². The van der Waals surface area contributed by atoms with Crippen LogP contribution in [0.25, 0.3) is 0 Å². The Bertz CT molecular complexity index is 373. The summed E-state index contributed by atoms with van der Waals surface area (Å²) in [5.74, 6) is 0.167. The monoisotopic (exact) mass is 290 g/mol. The van der Waals surface area contributed by atoms with Crippen molar-refractivity contribution in [1.29, 1.82) is 0 Å². The fraction of sp³-hybridized carbons (Fsp3) is 0.923. The number of likely N-dealkylation sites (tertiary alicyclic amines) is 1. The molecule has 112 valence electrons. The van der Waals surface area contributed by atoms with Crippen LogP contribution in [-0.2, 0) is 14.6 Å². The van der Waals surface area contributed by atoms with Crippen molar-refractivity contribution in [2.45, 2.75) is 33.1 Å². The molecule has 1 fully saturated rings. The number of nitrogens with zero attached hydrogens (tertiary/aromatic N) is 1. The average Bonchev–Trinajstić information content (AvgIpc) is 2.36. The predicted octanol–water partition coefficient (Wildman–Crippen LogP) is 0.659. The van der Waals surface area contributed by atoms with Gasteiger partial charge in [-0.3, -0.25) is 4.79 Å². The highest BCUT2D eigenvalue weighted by Crippen LogP contribution is 2.16. The molecule has 1 saturated heterocycles. The van der Waals surface area contributed by atoms with Gasteiger partial charge in [-0.25, -0.2) is 8.42 Å². The maximum atomic E-state index is 11.9. The molecule has 1 heterocycles. The van der Waals surface area contributed by atoms with Gasteiger partial charge in [0.05, 0.1) is 5.75 Å². The van der Waals surface area contributed by atoms with Gasteiger partial charge in [-0.1, -0.05) is 13.8 Å².